The van der Waals surface area contributed by atoms with Gasteiger partial charge < -0.3 is 10.3 Å². The van der Waals surface area contributed by atoms with Crippen molar-refractivity contribution in [2.45, 2.75) is 6.54 Å². The number of hydrogen-bond acceptors (Lipinski definition) is 1. The number of benzene rings is 2. The molecule has 1 heterocycles. The lowest BCUT2D eigenvalue weighted by Crippen LogP contribution is -1.99. The summed E-state index contributed by atoms with van der Waals surface area (Å²) in [6, 6.07) is 16.2. The summed E-state index contributed by atoms with van der Waals surface area (Å²) in [5, 5.41) is 5.32. The summed E-state index contributed by atoms with van der Waals surface area (Å²) in [5.74, 6) is 0. The molecule has 0 atom stereocenters. The molecule has 2 nitrogen and oxygen atoms in total. The fourth-order valence-electron chi connectivity index (χ4n) is 2.01. The minimum Gasteiger partial charge on any atom is -0.380 e. The fourth-order valence-corrected chi connectivity index (χ4v) is 2.22. The predicted molar refractivity (Wildman–Crippen MR) is 84.3 cm³/mol. The van der Waals surface area contributed by atoms with Crippen molar-refractivity contribution in [3.8, 4) is 0 Å². The molecule has 0 amide bonds. The van der Waals surface area contributed by atoms with Gasteiger partial charge in [0.2, 0.25) is 0 Å². The highest BCUT2D eigenvalue weighted by Gasteiger charge is 2.00. The molecule has 0 aliphatic rings. The number of hydrogen-bond donors (Lipinski definition) is 2. The first-order valence-electron chi connectivity index (χ1n) is 5.87. The molecular formula is C15H14Cl2N2. The van der Waals surface area contributed by atoms with Crippen molar-refractivity contribution >= 4 is 40.6 Å². The van der Waals surface area contributed by atoms with E-state index in [-0.39, 0.29) is 12.4 Å². The lowest BCUT2D eigenvalue weighted by atomic mass is 10.1. The Bertz CT molecular complexity index is 676. The molecule has 4 heteroatoms. The summed E-state index contributed by atoms with van der Waals surface area (Å²) in [4.78, 5) is 3.19. The second-order valence-electron chi connectivity index (χ2n) is 4.23. The number of aromatic nitrogens is 1. The van der Waals surface area contributed by atoms with Gasteiger partial charge in [0, 0.05) is 18.3 Å². The smallest absolute Gasteiger partial charge is 0.0637 e. The summed E-state index contributed by atoms with van der Waals surface area (Å²) in [6.45, 7) is 0.769. The van der Waals surface area contributed by atoms with E-state index >= 15 is 0 Å². The fraction of sp³-hybridized carbons (Fsp3) is 0.0667. The molecule has 0 saturated carbocycles. The van der Waals surface area contributed by atoms with Crippen LogP contribution in [0.1, 0.15) is 5.56 Å². The van der Waals surface area contributed by atoms with Crippen LogP contribution >= 0.6 is 24.0 Å². The van der Waals surface area contributed by atoms with E-state index in [0.717, 1.165) is 22.8 Å². The highest BCUT2D eigenvalue weighted by Crippen LogP contribution is 2.22. The molecular weight excluding hydrogens is 279 g/mol. The van der Waals surface area contributed by atoms with Gasteiger partial charge in [0.1, 0.15) is 0 Å². The highest BCUT2D eigenvalue weighted by molar-refractivity contribution is 6.33. The van der Waals surface area contributed by atoms with E-state index in [9.17, 15) is 0 Å². The largest absolute Gasteiger partial charge is 0.380 e. The van der Waals surface area contributed by atoms with Crippen molar-refractivity contribution in [2.24, 2.45) is 0 Å². The van der Waals surface area contributed by atoms with Crippen LogP contribution in [0.4, 0.5) is 5.69 Å². The first-order chi connectivity index (χ1) is 8.83. The molecule has 3 rings (SSSR count). The Morgan fingerprint density at radius 2 is 1.89 bits per heavy atom. The van der Waals surface area contributed by atoms with E-state index in [4.69, 9.17) is 11.6 Å². The van der Waals surface area contributed by atoms with Gasteiger partial charge in [0.05, 0.1) is 10.7 Å². The molecule has 2 N–H and O–H groups in total. The SMILES string of the molecule is Cl.Clc1ccccc1NCc1ccc2[nH]ccc2c1. The summed E-state index contributed by atoms with van der Waals surface area (Å²) in [6.07, 6.45) is 1.95. The van der Waals surface area contributed by atoms with Gasteiger partial charge in [-0.3, -0.25) is 0 Å². The van der Waals surface area contributed by atoms with Crippen molar-refractivity contribution in [3.05, 3.63) is 65.3 Å². The van der Waals surface area contributed by atoms with Crippen LogP contribution in [0, 0.1) is 0 Å². The quantitative estimate of drug-likeness (QED) is 0.709. The number of rotatable bonds is 3. The van der Waals surface area contributed by atoms with Gasteiger partial charge in [-0.1, -0.05) is 29.8 Å². The van der Waals surface area contributed by atoms with E-state index in [1.54, 1.807) is 0 Å². The van der Waals surface area contributed by atoms with Crippen molar-refractivity contribution in [1.29, 1.82) is 0 Å². The van der Waals surface area contributed by atoms with Crippen LogP contribution in [0.2, 0.25) is 5.02 Å². The van der Waals surface area contributed by atoms with Crippen LogP contribution in [0.15, 0.2) is 54.7 Å². The predicted octanol–water partition coefficient (Wildman–Crippen LogP) is 4.86. The number of halogens is 2. The molecule has 98 valence electrons. The Morgan fingerprint density at radius 1 is 1.05 bits per heavy atom. The summed E-state index contributed by atoms with van der Waals surface area (Å²) in [7, 11) is 0. The summed E-state index contributed by atoms with van der Waals surface area (Å²) < 4.78 is 0. The number of aromatic amines is 1. The van der Waals surface area contributed by atoms with Crippen molar-refractivity contribution < 1.29 is 0 Å². The van der Waals surface area contributed by atoms with Gasteiger partial charge in [-0.15, -0.1) is 12.4 Å². The Labute approximate surface area is 123 Å². The molecule has 0 aliphatic heterocycles. The normalized spacial score (nSPS) is 10.2. The molecule has 0 fully saturated rings. The standard InChI is InChI=1S/C15H13ClN2.ClH/c16-13-3-1-2-4-15(13)18-10-11-5-6-14-12(9-11)7-8-17-14;/h1-9,17-18H,10H2;1H. The number of anilines is 1. The zero-order valence-corrected chi connectivity index (χ0v) is 11.8. The van der Waals surface area contributed by atoms with Crippen LogP contribution in [-0.4, -0.2) is 4.98 Å². The van der Waals surface area contributed by atoms with Crippen LogP contribution in [0.25, 0.3) is 10.9 Å². The van der Waals surface area contributed by atoms with Gasteiger partial charge in [0.25, 0.3) is 0 Å². The average Bonchev–Trinajstić information content (AvgIpc) is 2.85. The molecule has 0 spiro atoms. The first kappa shape index (κ1) is 13.8. The third-order valence-electron chi connectivity index (χ3n) is 2.97. The average molecular weight is 293 g/mol. The van der Waals surface area contributed by atoms with Crippen molar-refractivity contribution in [3.63, 3.8) is 0 Å². The number of fused-ring (bicyclic) bond motifs is 1. The zero-order chi connectivity index (χ0) is 12.4. The van der Waals surface area contributed by atoms with E-state index in [1.807, 2.05) is 30.5 Å². The zero-order valence-electron chi connectivity index (χ0n) is 10.2. The van der Waals surface area contributed by atoms with Crippen molar-refractivity contribution in [1.82, 2.24) is 4.98 Å². The third-order valence-corrected chi connectivity index (χ3v) is 3.30. The third kappa shape index (κ3) is 3.03. The Hall–Kier alpha value is -1.64. The van der Waals surface area contributed by atoms with Crippen molar-refractivity contribution in [2.75, 3.05) is 5.32 Å². The molecule has 0 bridgehead atoms. The Balaban J connectivity index is 0.00000133. The lowest BCUT2D eigenvalue weighted by Gasteiger charge is -2.08. The van der Waals surface area contributed by atoms with Crippen LogP contribution in [0.3, 0.4) is 0 Å². The molecule has 0 radical (unpaired) electrons. The number of nitrogens with one attached hydrogen (secondary N) is 2. The van der Waals surface area contributed by atoms with Gasteiger partial charge in [-0.2, -0.15) is 0 Å². The van der Waals surface area contributed by atoms with Crippen LogP contribution in [-0.2, 0) is 6.54 Å². The molecule has 0 unspecified atom stereocenters. The maximum absolute atomic E-state index is 6.10. The minimum atomic E-state index is 0. The minimum absolute atomic E-state index is 0. The topological polar surface area (TPSA) is 27.8 Å². The van der Waals surface area contributed by atoms with Gasteiger partial charge in [0.15, 0.2) is 0 Å². The highest BCUT2D eigenvalue weighted by atomic mass is 35.5. The Morgan fingerprint density at radius 3 is 2.74 bits per heavy atom. The molecule has 1 aromatic heterocycles. The lowest BCUT2D eigenvalue weighted by molar-refractivity contribution is 1.15. The molecule has 19 heavy (non-hydrogen) atoms. The van der Waals surface area contributed by atoms with Gasteiger partial charge in [-0.25, -0.2) is 0 Å². The van der Waals surface area contributed by atoms with Gasteiger partial charge >= 0.3 is 0 Å². The molecule has 3 aromatic rings. The maximum Gasteiger partial charge on any atom is 0.0637 e. The first-order valence-corrected chi connectivity index (χ1v) is 6.25. The monoisotopic (exact) mass is 292 g/mol. The molecule has 0 saturated heterocycles. The van der Waals surface area contributed by atoms with E-state index in [1.165, 1.54) is 10.9 Å². The summed E-state index contributed by atoms with van der Waals surface area (Å²) in [5.41, 5.74) is 3.37. The van der Waals surface area contributed by atoms with Gasteiger partial charge in [-0.05, 0) is 41.3 Å². The molecule has 0 aliphatic carbocycles. The Kier molecular flexibility index (Phi) is 4.35. The van der Waals surface area contributed by atoms with Crippen LogP contribution < -0.4 is 5.32 Å². The molecule has 2 aromatic carbocycles. The second kappa shape index (κ2) is 6.00. The number of H-pyrrole nitrogens is 1. The van der Waals surface area contributed by atoms with E-state index < -0.39 is 0 Å². The van der Waals surface area contributed by atoms with Crippen LogP contribution in [0.5, 0.6) is 0 Å². The number of para-hydroxylation sites is 1. The van der Waals surface area contributed by atoms with E-state index in [0.29, 0.717) is 0 Å². The van der Waals surface area contributed by atoms with E-state index in [2.05, 4.69) is 34.6 Å². The maximum atomic E-state index is 6.10. The second-order valence-corrected chi connectivity index (χ2v) is 4.64. The summed E-state index contributed by atoms with van der Waals surface area (Å²) >= 11 is 6.10.